The van der Waals surface area contributed by atoms with Gasteiger partial charge in [0.15, 0.2) is 11.5 Å². The van der Waals surface area contributed by atoms with E-state index in [0.717, 1.165) is 19.3 Å². The molecule has 3 unspecified atom stereocenters. The van der Waals surface area contributed by atoms with E-state index in [4.69, 9.17) is 4.74 Å². The third-order valence-electron chi connectivity index (χ3n) is 4.88. The molecule has 0 aromatic rings. The number of nitrogens with one attached hydrogen (secondary N) is 1. The lowest BCUT2D eigenvalue weighted by Gasteiger charge is -2.47. The van der Waals surface area contributed by atoms with Gasteiger partial charge in [0.2, 0.25) is 0 Å². The average Bonchev–Trinajstić information content (AvgIpc) is 2.85. The Balaban J connectivity index is 1.68. The zero-order valence-corrected chi connectivity index (χ0v) is 12.0. The molecule has 4 atom stereocenters. The molecule has 0 bridgehead atoms. The smallest absolute Gasteiger partial charge is 0.156 e. The van der Waals surface area contributed by atoms with Crippen molar-refractivity contribution in [3.8, 4) is 0 Å². The molecule has 2 aliphatic heterocycles. The minimum absolute atomic E-state index is 0.0644. The number of hydrogen-bond donors (Lipinski definition) is 3. The van der Waals surface area contributed by atoms with Crippen LogP contribution in [0.4, 0.5) is 0 Å². The fourth-order valence-electron chi connectivity index (χ4n) is 3.90. The first-order valence-corrected chi connectivity index (χ1v) is 7.47. The Morgan fingerprint density at radius 1 is 1.38 bits per heavy atom. The fourth-order valence-corrected chi connectivity index (χ4v) is 3.90. The van der Waals surface area contributed by atoms with E-state index in [9.17, 15) is 10.2 Å². The van der Waals surface area contributed by atoms with Gasteiger partial charge in [0, 0.05) is 24.1 Å². The van der Waals surface area contributed by atoms with E-state index in [1.165, 1.54) is 18.4 Å². The summed E-state index contributed by atoms with van der Waals surface area (Å²) in [5.74, 6) is 0.458. The van der Waals surface area contributed by atoms with Gasteiger partial charge in [-0.1, -0.05) is 12.2 Å². The number of aliphatic hydroxyl groups is 2. The Morgan fingerprint density at radius 3 is 3.05 bits per heavy atom. The van der Waals surface area contributed by atoms with Gasteiger partial charge in [-0.15, -0.1) is 0 Å². The van der Waals surface area contributed by atoms with Crippen molar-refractivity contribution in [3.05, 3.63) is 47.1 Å². The molecule has 2 aliphatic carbocycles. The summed E-state index contributed by atoms with van der Waals surface area (Å²) in [6, 6.07) is -0.0644. The van der Waals surface area contributed by atoms with Gasteiger partial charge in [-0.05, 0) is 30.6 Å². The highest BCUT2D eigenvalue weighted by Gasteiger charge is 2.46. The molecule has 2 heterocycles. The van der Waals surface area contributed by atoms with Crippen molar-refractivity contribution in [2.45, 2.75) is 37.7 Å². The molecule has 5 nitrogen and oxygen atoms in total. The third kappa shape index (κ3) is 1.84. The third-order valence-corrected chi connectivity index (χ3v) is 4.88. The minimum Gasteiger partial charge on any atom is -0.504 e. The van der Waals surface area contributed by atoms with Crippen LogP contribution in [0.25, 0.3) is 0 Å². The van der Waals surface area contributed by atoms with E-state index in [0.29, 0.717) is 5.76 Å². The number of methoxy groups -OCH3 is 1. The molecule has 4 rings (SSSR count). The van der Waals surface area contributed by atoms with Crippen molar-refractivity contribution < 1.29 is 14.9 Å². The summed E-state index contributed by atoms with van der Waals surface area (Å²) in [5.41, 5.74) is 2.58. The zero-order chi connectivity index (χ0) is 14.6. The lowest BCUT2D eigenvalue weighted by atomic mass is 9.88. The second-order valence-corrected chi connectivity index (χ2v) is 6.01. The SMILES string of the molecule is COC1=CC2C(C=C1O)N[C@@H]1CC3=C(CCC=C3)N1C2O. The highest BCUT2D eigenvalue weighted by atomic mass is 16.5. The standard InChI is InChI=1S/C16H20N2O3/c1-21-14-7-10-11(8-13(14)19)17-15-6-9-4-2-3-5-12(9)18(15)16(10)20/h2,4,7-8,10-11,15-17,19-20H,3,5-6H2,1H3/t10?,11?,15-,16?/m0/s1. The number of aliphatic hydroxyl groups excluding tert-OH is 2. The molecular formula is C16H20N2O3. The Morgan fingerprint density at radius 2 is 2.24 bits per heavy atom. The van der Waals surface area contributed by atoms with Crippen LogP contribution < -0.4 is 5.32 Å². The highest BCUT2D eigenvalue weighted by Crippen LogP contribution is 2.41. The molecule has 0 spiro atoms. The largest absolute Gasteiger partial charge is 0.504 e. The van der Waals surface area contributed by atoms with Crippen LogP contribution in [0.15, 0.2) is 47.1 Å². The maximum Gasteiger partial charge on any atom is 0.156 e. The summed E-state index contributed by atoms with van der Waals surface area (Å²) in [7, 11) is 1.53. The number of fused-ring (bicyclic) bond motifs is 3. The van der Waals surface area contributed by atoms with Gasteiger partial charge in [-0.2, -0.15) is 0 Å². The molecule has 0 saturated carbocycles. The highest BCUT2D eigenvalue weighted by molar-refractivity contribution is 5.37. The van der Waals surface area contributed by atoms with Crippen molar-refractivity contribution in [2.75, 3.05) is 7.11 Å². The molecular weight excluding hydrogens is 268 g/mol. The van der Waals surface area contributed by atoms with Gasteiger partial charge in [0.05, 0.1) is 13.3 Å². The van der Waals surface area contributed by atoms with Gasteiger partial charge >= 0.3 is 0 Å². The van der Waals surface area contributed by atoms with Crippen LogP contribution in [-0.4, -0.2) is 40.7 Å². The van der Waals surface area contributed by atoms with Crippen molar-refractivity contribution >= 4 is 0 Å². The Labute approximate surface area is 123 Å². The first-order chi connectivity index (χ1) is 10.2. The predicted molar refractivity (Wildman–Crippen MR) is 77.9 cm³/mol. The van der Waals surface area contributed by atoms with Gasteiger partial charge in [-0.3, -0.25) is 5.32 Å². The van der Waals surface area contributed by atoms with E-state index in [1.807, 2.05) is 6.08 Å². The van der Waals surface area contributed by atoms with Crippen LogP contribution in [0.1, 0.15) is 19.3 Å². The molecule has 4 aliphatic rings. The number of allylic oxidation sites excluding steroid dienone is 3. The van der Waals surface area contributed by atoms with E-state index >= 15 is 0 Å². The lowest BCUT2D eigenvalue weighted by Crippen LogP contribution is -2.62. The van der Waals surface area contributed by atoms with E-state index < -0.39 is 6.23 Å². The maximum absolute atomic E-state index is 10.8. The van der Waals surface area contributed by atoms with Crippen molar-refractivity contribution in [1.29, 1.82) is 0 Å². The van der Waals surface area contributed by atoms with E-state index in [-0.39, 0.29) is 23.9 Å². The summed E-state index contributed by atoms with van der Waals surface area (Å²) < 4.78 is 5.18. The predicted octanol–water partition coefficient (Wildman–Crippen LogP) is 1.51. The summed E-state index contributed by atoms with van der Waals surface area (Å²) in [6.07, 6.45) is 10.4. The molecule has 3 N–H and O–H groups in total. The molecule has 0 amide bonds. The number of hydrogen-bond acceptors (Lipinski definition) is 5. The first kappa shape index (κ1) is 13.0. The average molecular weight is 288 g/mol. The molecule has 1 fully saturated rings. The van der Waals surface area contributed by atoms with Crippen LogP contribution in [0.3, 0.4) is 0 Å². The summed E-state index contributed by atoms with van der Waals surface area (Å²) in [5, 5.41) is 24.3. The Bertz CT molecular complexity index is 590. The zero-order valence-electron chi connectivity index (χ0n) is 12.0. The van der Waals surface area contributed by atoms with E-state index in [2.05, 4.69) is 22.4 Å². The quantitative estimate of drug-likeness (QED) is 0.682. The molecule has 0 aromatic carbocycles. The number of nitrogens with zero attached hydrogens (tertiary/aromatic N) is 1. The van der Waals surface area contributed by atoms with Crippen LogP contribution >= 0.6 is 0 Å². The summed E-state index contributed by atoms with van der Waals surface area (Å²) >= 11 is 0. The molecule has 5 heteroatoms. The Hall–Kier alpha value is -1.72. The van der Waals surface area contributed by atoms with Crippen molar-refractivity contribution in [1.82, 2.24) is 10.2 Å². The van der Waals surface area contributed by atoms with Crippen LogP contribution in [0, 0.1) is 5.92 Å². The second kappa shape index (κ2) is 4.64. The summed E-state index contributed by atoms with van der Waals surface area (Å²) in [6.45, 7) is 0. The molecule has 0 radical (unpaired) electrons. The Kier molecular flexibility index (Phi) is 2.87. The molecule has 112 valence electrons. The van der Waals surface area contributed by atoms with Crippen LogP contribution in [-0.2, 0) is 4.74 Å². The van der Waals surface area contributed by atoms with Crippen molar-refractivity contribution in [2.24, 2.45) is 5.92 Å². The fraction of sp³-hybridized carbons (Fsp3) is 0.500. The number of rotatable bonds is 1. The minimum atomic E-state index is -0.588. The normalized spacial score (nSPS) is 37.5. The molecule has 21 heavy (non-hydrogen) atoms. The van der Waals surface area contributed by atoms with Crippen LogP contribution in [0.5, 0.6) is 0 Å². The topological polar surface area (TPSA) is 65.0 Å². The van der Waals surface area contributed by atoms with Gasteiger partial charge in [0.1, 0.15) is 6.23 Å². The number of ether oxygens (including phenoxy) is 1. The molecule has 0 aromatic heterocycles. The summed E-state index contributed by atoms with van der Waals surface area (Å²) in [4.78, 5) is 2.11. The van der Waals surface area contributed by atoms with E-state index in [1.54, 1.807) is 6.08 Å². The first-order valence-electron chi connectivity index (χ1n) is 7.47. The van der Waals surface area contributed by atoms with Gasteiger partial charge in [-0.25, -0.2) is 0 Å². The second-order valence-electron chi connectivity index (χ2n) is 6.01. The van der Waals surface area contributed by atoms with Crippen LogP contribution in [0.2, 0.25) is 0 Å². The molecule has 1 saturated heterocycles. The van der Waals surface area contributed by atoms with Gasteiger partial charge < -0.3 is 19.8 Å². The van der Waals surface area contributed by atoms with Gasteiger partial charge in [0.25, 0.3) is 0 Å². The maximum atomic E-state index is 10.8. The van der Waals surface area contributed by atoms with Crippen molar-refractivity contribution in [3.63, 3.8) is 0 Å². The monoisotopic (exact) mass is 288 g/mol. The lowest BCUT2D eigenvalue weighted by molar-refractivity contribution is -0.0703.